The summed E-state index contributed by atoms with van der Waals surface area (Å²) in [4.78, 5) is 11.8. The molecule has 3 N–H and O–H groups in total. The minimum absolute atomic E-state index is 0.157. The quantitative estimate of drug-likeness (QED) is 0.737. The molecule has 1 heterocycles. The van der Waals surface area contributed by atoms with Crippen LogP contribution in [0.2, 0.25) is 0 Å². The van der Waals surface area contributed by atoms with Gasteiger partial charge in [-0.2, -0.15) is 13.2 Å². The Kier molecular flexibility index (Phi) is 5.83. The van der Waals surface area contributed by atoms with E-state index in [4.69, 9.17) is 0 Å². The summed E-state index contributed by atoms with van der Waals surface area (Å²) in [6.07, 6.45) is -2.96. The third kappa shape index (κ3) is 5.46. The van der Waals surface area contributed by atoms with Crippen LogP contribution in [-0.2, 0) is 14.8 Å². The van der Waals surface area contributed by atoms with Crippen molar-refractivity contribution in [3.05, 3.63) is 24.3 Å². The van der Waals surface area contributed by atoms with Crippen molar-refractivity contribution in [1.82, 2.24) is 10.0 Å². The predicted molar refractivity (Wildman–Crippen MR) is 81.9 cm³/mol. The van der Waals surface area contributed by atoms with Crippen LogP contribution in [0.15, 0.2) is 29.2 Å². The Bertz CT molecular complexity index is 669. The average Bonchev–Trinajstić information content (AvgIpc) is 2.54. The molecule has 1 saturated heterocycles. The maximum Gasteiger partial charge on any atom is 0.402 e. The van der Waals surface area contributed by atoms with Gasteiger partial charge in [0.25, 0.3) is 0 Å². The number of halogens is 3. The lowest BCUT2D eigenvalue weighted by molar-refractivity contribution is -0.121. The molecule has 1 aliphatic heterocycles. The molecular weight excluding hydrogens is 347 g/mol. The van der Waals surface area contributed by atoms with Crippen LogP contribution in [0.25, 0.3) is 0 Å². The lowest BCUT2D eigenvalue weighted by Gasteiger charge is -2.21. The van der Waals surface area contributed by atoms with Crippen molar-refractivity contribution < 1.29 is 26.4 Å². The molecule has 1 fully saturated rings. The van der Waals surface area contributed by atoms with Crippen molar-refractivity contribution >= 4 is 21.6 Å². The third-order valence-electron chi connectivity index (χ3n) is 3.56. The Morgan fingerprint density at radius 1 is 1.25 bits per heavy atom. The van der Waals surface area contributed by atoms with Crippen LogP contribution in [0, 0.1) is 5.92 Å². The molecule has 24 heavy (non-hydrogen) atoms. The minimum Gasteiger partial charge on any atom is -0.326 e. The first-order valence-corrected chi connectivity index (χ1v) is 8.84. The van der Waals surface area contributed by atoms with Gasteiger partial charge in [0.05, 0.1) is 10.8 Å². The van der Waals surface area contributed by atoms with Crippen LogP contribution in [0.4, 0.5) is 18.9 Å². The zero-order valence-electron chi connectivity index (χ0n) is 12.7. The summed E-state index contributed by atoms with van der Waals surface area (Å²) in [7, 11) is -4.25. The van der Waals surface area contributed by atoms with E-state index in [9.17, 15) is 26.4 Å². The van der Waals surface area contributed by atoms with Crippen LogP contribution in [0.5, 0.6) is 0 Å². The van der Waals surface area contributed by atoms with E-state index < -0.39 is 22.7 Å². The summed E-state index contributed by atoms with van der Waals surface area (Å²) in [5.41, 5.74) is 0.389. The molecule has 1 aliphatic rings. The number of amides is 1. The molecule has 0 saturated carbocycles. The summed E-state index contributed by atoms with van der Waals surface area (Å²) >= 11 is 0. The molecule has 134 valence electrons. The number of carbonyl (C=O) groups is 1. The number of nitrogens with one attached hydrogen (secondary N) is 3. The highest BCUT2D eigenvalue weighted by Gasteiger charge is 2.30. The fourth-order valence-electron chi connectivity index (χ4n) is 2.30. The molecule has 0 spiro atoms. The zero-order chi connectivity index (χ0) is 17.8. The van der Waals surface area contributed by atoms with Gasteiger partial charge in [-0.3, -0.25) is 4.79 Å². The van der Waals surface area contributed by atoms with Crippen LogP contribution >= 0.6 is 0 Å². The fourth-order valence-corrected chi connectivity index (χ4v) is 3.31. The maximum atomic E-state index is 12.1. The van der Waals surface area contributed by atoms with Crippen LogP contribution in [0.3, 0.4) is 0 Å². The van der Waals surface area contributed by atoms with E-state index in [-0.39, 0.29) is 16.7 Å². The largest absolute Gasteiger partial charge is 0.402 e. The van der Waals surface area contributed by atoms with Gasteiger partial charge in [-0.25, -0.2) is 13.1 Å². The Morgan fingerprint density at radius 3 is 2.46 bits per heavy atom. The number of hydrogen-bond donors (Lipinski definition) is 3. The van der Waals surface area contributed by atoms with Gasteiger partial charge >= 0.3 is 6.18 Å². The molecule has 1 unspecified atom stereocenters. The van der Waals surface area contributed by atoms with Crippen molar-refractivity contribution in [2.75, 3.05) is 25.0 Å². The highest BCUT2D eigenvalue weighted by molar-refractivity contribution is 7.89. The first-order chi connectivity index (χ1) is 11.2. The highest BCUT2D eigenvalue weighted by atomic mass is 32.2. The number of anilines is 1. The van der Waals surface area contributed by atoms with E-state index >= 15 is 0 Å². The Hall–Kier alpha value is -1.65. The van der Waals surface area contributed by atoms with Gasteiger partial charge in [-0.05, 0) is 43.7 Å². The third-order valence-corrected chi connectivity index (χ3v) is 4.98. The number of rotatable bonds is 5. The van der Waals surface area contributed by atoms with Gasteiger partial charge in [-0.15, -0.1) is 0 Å². The number of carbonyl (C=O) groups excluding carboxylic acids is 1. The molecular formula is C14H18F3N3O3S. The molecule has 0 aliphatic carbocycles. The SMILES string of the molecule is O=C(Nc1ccc(S(=O)(=O)NCC(F)(F)F)cc1)C1CCCNC1. The van der Waals surface area contributed by atoms with E-state index in [1.54, 1.807) is 0 Å². The Morgan fingerprint density at radius 2 is 1.92 bits per heavy atom. The molecule has 10 heteroatoms. The van der Waals surface area contributed by atoms with Gasteiger partial charge in [0.1, 0.15) is 6.54 Å². The lowest BCUT2D eigenvalue weighted by Crippen LogP contribution is -2.37. The molecule has 1 aromatic carbocycles. The number of alkyl halides is 3. The van der Waals surface area contributed by atoms with Gasteiger partial charge in [0, 0.05) is 12.2 Å². The first-order valence-electron chi connectivity index (χ1n) is 7.35. The standard InChI is InChI=1S/C14H18F3N3O3S/c15-14(16,17)9-19-24(22,23)12-5-3-11(4-6-12)20-13(21)10-2-1-7-18-8-10/h3-6,10,18-19H,1-2,7-9H2,(H,20,21). The Labute approximate surface area is 137 Å². The second kappa shape index (κ2) is 7.49. The fraction of sp³-hybridized carbons (Fsp3) is 0.500. The number of sulfonamides is 1. The monoisotopic (exact) mass is 365 g/mol. The minimum atomic E-state index is -4.63. The van der Waals surface area contributed by atoms with Gasteiger partial charge in [0.2, 0.25) is 15.9 Å². The summed E-state index contributed by atoms with van der Waals surface area (Å²) < 4.78 is 61.3. The van der Waals surface area contributed by atoms with Gasteiger partial charge in [0.15, 0.2) is 0 Å². The molecule has 0 radical (unpaired) electrons. The summed E-state index contributed by atoms with van der Waals surface area (Å²) in [5.74, 6) is -0.330. The van der Waals surface area contributed by atoms with Gasteiger partial charge in [-0.1, -0.05) is 0 Å². The highest BCUT2D eigenvalue weighted by Crippen LogP contribution is 2.18. The normalized spacial score (nSPS) is 19.0. The van der Waals surface area contributed by atoms with E-state index in [0.717, 1.165) is 31.5 Å². The topological polar surface area (TPSA) is 87.3 Å². The van der Waals surface area contributed by atoms with Crippen molar-refractivity contribution in [1.29, 1.82) is 0 Å². The summed E-state index contributed by atoms with van der Waals surface area (Å²) in [6, 6.07) is 4.98. The van der Waals surface area contributed by atoms with Crippen molar-refractivity contribution in [2.24, 2.45) is 5.92 Å². The first kappa shape index (κ1) is 18.7. The molecule has 6 nitrogen and oxygen atoms in total. The molecule has 1 amide bonds. The summed E-state index contributed by atoms with van der Waals surface area (Å²) in [6.45, 7) is -0.177. The van der Waals surface area contributed by atoms with Crippen molar-refractivity contribution in [2.45, 2.75) is 23.9 Å². The summed E-state index contributed by atoms with van der Waals surface area (Å²) in [5, 5.41) is 5.79. The Balaban J connectivity index is 1.98. The van der Waals surface area contributed by atoms with E-state index in [0.29, 0.717) is 12.2 Å². The average molecular weight is 365 g/mol. The van der Waals surface area contributed by atoms with Crippen molar-refractivity contribution in [3.63, 3.8) is 0 Å². The molecule has 1 atom stereocenters. The van der Waals surface area contributed by atoms with E-state index in [1.807, 2.05) is 0 Å². The molecule has 0 aromatic heterocycles. The number of hydrogen-bond acceptors (Lipinski definition) is 4. The number of piperidine rings is 1. The van der Waals surface area contributed by atoms with E-state index in [1.165, 1.54) is 16.9 Å². The van der Waals surface area contributed by atoms with Crippen LogP contribution in [-0.4, -0.2) is 40.1 Å². The smallest absolute Gasteiger partial charge is 0.326 e. The lowest BCUT2D eigenvalue weighted by atomic mass is 9.99. The van der Waals surface area contributed by atoms with Gasteiger partial charge < -0.3 is 10.6 Å². The van der Waals surface area contributed by atoms with E-state index in [2.05, 4.69) is 10.6 Å². The second-order valence-electron chi connectivity index (χ2n) is 5.50. The molecule has 1 aromatic rings. The maximum absolute atomic E-state index is 12.1. The predicted octanol–water partition coefficient (Wildman–Crippen LogP) is 1.47. The van der Waals surface area contributed by atoms with Crippen molar-refractivity contribution in [3.8, 4) is 0 Å². The second-order valence-corrected chi connectivity index (χ2v) is 7.26. The molecule has 2 rings (SSSR count). The molecule has 0 bridgehead atoms. The van der Waals surface area contributed by atoms with Crippen LogP contribution in [0.1, 0.15) is 12.8 Å². The van der Waals surface area contributed by atoms with Crippen LogP contribution < -0.4 is 15.4 Å². The zero-order valence-corrected chi connectivity index (χ0v) is 13.5. The number of benzene rings is 1.